The molecule has 0 aliphatic heterocycles. The summed E-state index contributed by atoms with van der Waals surface area (Å²) in [5.41, 5.74) is 2.66. The predicted molar refractivity (Wildman–Crippen MR) is 121 cm³/mol. The molecule has 0 saturated heterocycles. The number of anilines is 2. The highest BCUT2D eigenvalue weighted by Gasteiger charge is 2.13. The number of rotatable bonds is 8. The van der Waals surface area contributed by atoms with Crippen LogP contribution in [0.25, 0.3) is 11.1 Å². The van der Waals surface area contributed by atoms with Gasteiger partial charge >= 0.3 is 0 Å². The summed E-state index contributed by atoms with van der Waals surface area (Å²) in [5.74, 6) is 1.47. The zero-order valence-corrected chi connectivity index (χ0v) is 18.6. The van der Waals surface area contributed by atoms with Gasteiger partial charge in [0.25, 0.3) is 0 Å². The Balaban J connectivity index is 1.52. The Labute approximate surface area is 194 Å². The SMILES string of the molecule is COc1ccc(Cl)cc1Nc1ncc(-c2ccc(C#N)c(OC(C)Cn3cnnn3)c2)cn1. The minimum atomic E-state index is -0.258. The van der Waals surface area contributed by atoms with E-state index in [0.29, 0.717) is 40.3 Å². The van der Waals surface area contributed by atoms with Crippen molar-refractivity contribution < 1.29 is 9.47 Å². The maximum Gasteiger partial charge on any atom is 0.227 e. The molecule has 4 aromatic rings. The summed E-state index contributed by atoms with van der Waals surface area (Å²) in [6.07, 6.45) is 4.61. The van der Waals surface area contributed by atoms with E-state index < -0.39 is 0 Å². The van der Waals surface area contributed by atoms with E-state index in [-0.39, 0.29) is 6.10 Å². The third-order valence-corrected chi connectivity index (χ3v) is 4.89. The number of methoxy groups -OCH3 is 1. The van der Waals surface area contributed by atoms with E-state index in [1.807, 2.05) is 13.0 Å². The van der Waals surface area contributed by atoms with Crippen LogP contribution in [0.5, 0.6) is 11.5 Å². The lowest BCUT2D eigenvalue weighted by Crippen LogP contribution is -2.20. The van der Waals surface area contributed by atoms with Crippen LogP contribution in [0.2, 0.25) is 5.02 Å². The monoisotopic (exact) mass is 462 g/mol. The van der Waals surface area contributed by atoms with Crippen LogP contribution in [0.3, 0.4) is 0 Å². The van der Waals surface area contributed by atoms with Gasteiger partial charge in [0, 0.05) is 23.0 Å². The molecular formula is C22H19ClN8O2. The Morgan fingerprint density at radius 3 is 2.64 bits per heavy atom. The van der Waals surface area contributed by atoms with Gasteiger partial charge < -0.3 is 14.8 Å². The fraction of sp³-hybridized carbons (Fsp3) is 0.182. The first kappa shape index (κ1) is 22.0. The van der Waals surface area contributed by atoms with E-state index in [0.717, 1.165) is 11.1 Å². The first-order valence-electron chi connectivity index (χ1n) is 9.90. The third-order valence-electron chi connectivity index (χ3n) is 4.66. The van der Waals surface area contributed by atoms with E-state index in [4.69, 9.17) is 21.1 Å². The van der Waals surface area contributed by atoms with Crippen molar-refractivity contribution in [2.45, 2.75) is 19.6 Å². The Morgan fingerprint density at radius 1 is 1.12 bits per heavy atom. The molecule has 166 valence electrons. The van der Waals surface area contributed by atoms with Crippen molar-refractivity contribution in [3.05, 3.63) is 65.7 Å². The van der Waals surface area contributed by atoms with Crippen LogP contribution in [0, 0.1) is 11.3 Å². The van der Waals surface area contributed by atoms with Crippen LogP contribution in [0.1, 0.15) is 12.5 Å². The lowest BCUT2D eigenvalue weighted by Gasteiger charge is -2.16. The number of nitriles is 1. The van der Waals surface area contributed by atoms with Crippen LogP contribution in [0.15, 0.2) is 55.1 Å². The second-order valence-electron chi connectivity index (χ2n) is 7.05. The van der Waals surface area contributed by atoms with Crippen LogP contribution in [0.4, 0.5) is 11.6 Å². The maximum atomic E-state index is 9.47. The number of nitrogens with one attached hydrogen (secondary N) is 1. The van der Waals surface area contributed by atoms with Gasteiger partial charge in [-0.25, -0.2) is 14.6 Å². The molecule has 2 aromatic heterocycles. The fourth-order valence-corrected chi connectivity index (χ4v) is 3.29. The van der Waals surface area contributed by atoms with E-state index in [9.17, 15) is 5.26 Å². The van der Waals surface area contributed by atoms with Crippen molar-refractivity contribution in [2.24, 2.45) is 0 Å². The molecule has 10 nitrogen and oxygen atoms in total. The highest BCUT2D eigenvalue weighted by Crippen LogP contribution is 2.31. The molecule has 1 atom stereocenters. The normalized spacial score (nSPS) is 11.5. The molecular weight excluding hydrogens is 444 g/mol. The van der Waals surface area contributed by atoms with E-state index in [1.165, 1.54) is 6.33 Å². The highest BCUT2D eigenvalue weighted by atomic mass is 35.5. The largest absolute Gasteiger partial charge is 0.495 e. The first-order valence-corrected chi connectivity index (χ1v) is 10.3. The summed E-state index contributed by atoms with van der Waals surface area (Å²) < 4.78 is 12.9. The molecule has 0 aliphatic carbocycles. The van der Waals surface area contributed by atoms with Crippen LogP contribution >= 0.6 is 11.6 Å². The quantitative estimate of drug-likeness (QED) is 0.415. The molecule has 0 radical (unpaired) electrons. The third kappa shape index (κ3) is 5.34. The number of ether oxygens (including phenoxy) is 2. The van der Waals surface area contributed by atoms with Crippen molar-refractivity contribution in [3.63, 3.8) is 0 Å². The average molecular weight is 463 g/mol. The minimum absolute atomic E-state index is 0.258. The average Bonchev–Trinajstić information content (AvgIpc) is 3.32. The van der Waals surface area contributed by atoms with Crippen molar-refractivity contribution in [1.29, 1.82) is 5.26 Å². The smallest absolute Gasteiger partial charge is 0.227 e. The van der Waals surface area contributed by atoms with E-state index >= 15 is 0 Å². The Morgan fingerprint density at radius 2 is 1.94 bits per heavy atom. The van der Waals surface area contributed by atoms with Gasteiger partial charge in [0.15, 0.2) is 0 Å². The summed E-state index contributed by atoms with van der Waals surface area (Å²) in [4.78, 5) is 8.77. The van der Waals surface area contributed by atoms with Crippen molar-refractivity contribution in [3.8, 4) is 28.7 Å². The highest BCUT2D eigenvalue weighted by molar-refractivity contribution is 6.31. The number of aromatic nitrogens is 6. The Bertz CT molecular complexity index is 1270. The molecule has 1 N–H and O–H groups in total. The maximum absolute atomic E-state index is 9.47. The predicted octanol–water partition coefficient (Wildman–Crippen LogP) is 3.87. The number of benzene rings is 2. The van der Waals surface area contributed by atoms with E-state index in [2.05, 4.69) is 36.9 Å². The van der Waals surface area contributed by atoms with Gasteiger partial charge in [0.2, 0.25) is 5.95 Å². The first-order chi connectivity index (χ1) is 16.1. The van der Waals surface area contributed by atoms with Crippen molar-refractivity contribution in [2.75, 3.05) is 12.4 Å². The van der Waals surface area contributed by atoms with Crippen LogP contribution < -0.4 is 14.8 Å². The Kier molecular flexibility index (Phi) is 6.61. The second kappa shape index (κ2) is 9.93. The second-order valence-corrected chi connectivity index (χ2v) is 7.48. The van der Waals surface area contributed by atoms with Crippen molar-refractivity contribution in [1.82, 2.24) is 30.2 Å². The summed E-state index contributed by atoms with van der Waals surface area (Å²) in [7, 11) is 1.58. The summed E-state index contributed by atoms with van der Waals surface area (Å²) >= 11 is 6.08. The van der Waals surface area contributed by atoms with Gasteiger partial charge in [-0.15, -0.1) is 5.10 Å². The van der Waals surface area contributed by atoms with Crippen LogP contribution in [-0.2, 0) is 6.54 Å². The van der Waals surface area contributed by atoms with Gasteiger partial charge in [-0.05, 0) is 53.2 Å². The van der Waals surface area contributed by atoms with Crippen LogP contribution in [-0.4, -0.2) is 43.4 Å². The Hall–Kier alpha value is -4.23. The molecule has 4 rings (SSSR count). The molecule has 2 heterocycles. The standard InChI is InChI=1S/C22H19ClN8O2/c1-14(12-31-13-27-29-30-31)33-21-7-15(3-4-16(21)9-24)17-10-25-22(26-11-17)28-19-8-18(23)5-6-20(19)32-2/h3-8,10-11,13-14H,12H2,1-2H3,(H,25,26,28). The molecule has 0 spiro atoms. The zero-order chi connectivity index (χ0) is 23.2. The molecule has 2 aromatic carbocycles. The molecule has 0 amide bonds. The zero-order valence-electron chi connectivity index (χ0n) is 17.8. The summed E-state index contributed by atoms with van der Waals surface area (Å²) in [5, 5.41) is 24.2. The molecule has 1 unspecified atom stereocenters. The minimum Gasteiger partial charge on any atom is -0.495 e. The van der Waals surface area contributed by atoms with Gasteiger partial charge in [-0.1, -0.05) is 17.7 Å². The van der Waals surface area contributed by atoms with E-state index in [1.54, 1.807) is 54.5 Å². The molecule has 33 heavy (non-hydrogen) atoms. The molecule has 11 heteroatoms. The lowest BCUT2D eigenvalue weighted by atomic mass is 10.1. The number of halogens is 1. The van der Waals surface area contributed by atoms with Gasteiger partial charge in [0.1, 0.15) is 30.0 Å². The van der Waals surface area contributed by atoms with Gasteiger partial charge in [-0.2, -0.15) is 5.26 Å². The number of tetrazole rings is 1. The van der Waals surface area contributed by atoms with Crippen molar-refractivity contribution >= 4 is 23.2 Å². The van der Waals surface area contributed by atoms with Gasteiger partial charge in [0.05, 0.1) is 24.9 Å². The summed E-state index contributed by atoms with van der Waals surface area (Å²) in [6, 6.07) is 12.7. The summed E-state index contributed by atoms with van der Waals surface area (Å²) in [6.45, 7) is 2.32. The van der Waals surface area contributed by atoms with Gasteiger partial charge in [-0.3, -0.25) is 0 Å². The lowest BCUT2D eigenvalue weighted by molar-refractivity contribution is 0.192. The molecule has 0 bridgehead atoms. The number of nitrogens with zero attached hydrogens (tertiary/aromatic N) is 7. The fourth-order valence-electron chi connectivity index (χ4n) is 3.11. The molecule has 0 fully saturated rings. The number of hydrogen-bond acceptors (Lipinski definition) is 9. The topological polar surface area (TPSA) is 124 Å². The molecule has 0 saturated carbocycles. The number of hydrogen-bond donors (Lipinski definition) is 1. The molecule has 0 aliphatic rings.